The van der Waals surface area contributed by atoms with Gasteiger partial charge >= 0.3 is 0 Å². The molecule has 18 heavy (non-hydrogen) atoms. The van der Waals surface area contributed by atoms with Gasteiger partial charge in [-0.3, -0.25) is 4.79 Å². The minimum absolute atomic E-state index is 0.174. The molecule has 0 spiro atoms. The van der Waals surface area contributed by atoms with Crippen LogP contribution in [-0.2, 0) is 0 Å². The molecule has 0 aromatic heterocycles. The smallest absolute Gasteiger partial charge is 0.254 e. The molecule has 1 amide bonds. The Bertz CT molecular complexity index is 442. The molecule has 1 heterocycles. The van der Waals surface area contributed by atoms with E-state index in [9.17, 15) is 4.79 Å². The van der Waals surface area contributed by atoms with Crippen LogP contribution in [0.15, 0.2) is 18.2 Å². The van der Waals surface area contributed by atoms with Crippen molar-refractivity contribution in [2.75, 3.05) is 18.9 Å². The molecule has 0 bridgehead atoms. The number of likely N-dealkylation sites (tertiary alicyclic amines) is 1. The molecule has 0 aliphatic carbocycles. The zero-order valence-electron chi connectivity index (χ0n) is 11.5. The Hall–Kier alpha value is -1.51. The summed E-state index contributed by atoms with van der Waals surface area (Å²) in [6.45, 7) is 5.07. The topological polar surface area (TPSA) is 32.3 Å². The summed E-state index contributed by atoms with van der Waals surface area (Å²) in [5.41, 5.74) is 3.01. The van der Waals surface area contributed by atoms with Crippen LogP contribution in [0.4, 0.5) is 5.69 Å². The van der Waals surface area contributed by atoms with E-state index in [1.54, 1.807) is 0 Å². The average molecular weight is 246 g/mol. The third-order valence-electron chi connectivity index (χ3n) is 3.81. The summed E-state index contributed by atoms with van der Waals surface area (Å²) in [6.07, 6.45) is 3.49. The summed E-state index contributed by atoms with van der Waals surface area (Å²) in [6, 6.07) is 6.25. The number of nitrogens with one attached hydrogen (secondary N) is 1. The fraction of sp³-hybridized carbons (Fsp3) is 0.533. The van der Waals surface area contributed by atoms with E-state index in [4.69, 9.17) is 0 Å². The number of benzene rings is 1. The van der Waals surface area contributed by atoms with Crippen molar-refractivity contribution in [2.24, 2.45) is 0 Å². The van der Waals surface area contributed by atoms with Crippen LogP contribution >= 0.6 is 0 Å². The fourth-order valence-corrected chi connectivity index (χ4v) is 2.64. The molecule has 3 heteroatoms. The SMILES string of the molecule is CNc1ccc(C(=O)N2CCCCC2C)cc1C. The number of carbonyl (C=O) groups is 1. The maximum atomic E-state index is 12.5. The number of anilines is 1. The zero-order valence-corrected chi connectivity index (χ0v) is 11.5. The van der Waals surface area contributed by atoms with Gasteiger partial charge in [-0.1, -0.05) is 0 Å². The Morgan fingerprint density at radius 2 is 2.17 bits per heavy atom. The summed E-state index contributed by atoms with van der Waals surface area (Å²) in [5.74, 6) is 0.174. The van der Waals surface area contributed by atoms with Crippen molar-refractivity contribution in [1.29, 1.82) is 0 Å². The van der Waals surface area contributed by atoms with Crippen LogP contribution in [0.5, 0.6) is 0 Å². The van der Waals surface area contributed by atoms with E-state index in [0.29, 0.717) is 6.04 Å². The van der Waals surface area contributed by atoms with E-state index in [0.717, 1.165) is 36.2 Å². The van der Waals surface area contributed by atoms with Crippen LogP contribution in [-0.4, -0.2) is 30.4 Å². The molecule has 1 aliphatic rings. The Morgan fingerprint density at radius 1 is 1.39 bits per heavy atom. The van der Waals surface area contributed by atoms with Gasteiger partial charge < -0.3 is 10.2 Å². The molecule has 1 unspecified atom stereocenters. The summed E-state index contributed by atoms with van der Waals surface area (Å²) < 4.78 is 0. The lowest BCUT2D eigenvalue weighted by Crippen LogP contribution is -2.42. The maximum absolute atomic E-state index is 12.5. The third-order valence-corrected chi connectivity index (χ3v) is 3.81. The number of hydrogen-bond acceptors (Lipinski definition) is 2. The molecule has 2 rings (SSSR count). The summed E-state index contributed by atoms with van der Waals surface area (Å²) in [5, 5.41) is 3.12. The number of hydrogen-bond donors (Lipinski definition) is 1. The fourth-order valence-electron chi connectivity index (χ4n) is 2.64. The minimum atomic E-state index is 0.174. The van der Waals surface area contributed by atoms with E-state index < -0.39 is 0 Å². The maximum Gasteiger partial charge on any atom is 0.254 e. The molecular formula is C15H22N2O. The van der Waals surface area contributed by atoms with Crippen molar-refractivity contribution >= 4 is 11.6 Å². The Kier molecular flexibility index (Phi) is 3.90. The molecule has 1 aliphatic heterocycles. The van der Waals surface area contributed by atoms with Crippen molar-refractivity contribution in [3.63, 3.8) is 0 Å². The molecule has 0 radical (unpaired) electrons. The van der Waals surface area contributed by atoms with Crippen LogP contribution in [0.2, 0.25) is 0 Å². The van der Waals surface area contributed by atoms with Crippen molar-refractivity contribution in [1.82, 2.24) is 4.90 Å². The normalized spacial score (nSPS) is 19.7. The lowest BCUT2D eigenvalue weighted by atomic mass is 10.0. The number of carbonyl (C=O) groups excluding carboxylic acids is 1. The quantitative estimate of drug-likeness (QED) is 0.870. The van der Waals surface area contributed by atoms with E-state index in [1.807, 2.05) is 37.1 Å². The Balaban J connectivity index is 2.20. The van der Waals surface area contributed by atoms with Gasteiger partial charge in [-0.05, 0) is 56.9 Å². The van der Waals surface area contributed by atoms with Crippen LogP contribution < -0.4 is 5.32 Å². The summed E-state index contributed by atoms with van der Waals surface area (Å²) in [7, 11) is 1.90. The summed E-state index contributed by atoms with van der Waals surface area (Å²) in [4.78, 5) is 14.5. The van der Waals surface area contributed by atoms with Gasteiger partial charge in [0.15, 0.2) is 0 Å². The highest BCUT2D eigenvalue weighted by molar-refractivity contribution is 5.95. The predicted octanol–water partition coefficient (Wildman–Crippen LogP) is 3.05. The van der Waals surface area contributed by atoms with Gasteiger partial charge in [0.25, 0.3) is 5.91 Å². The molecule has 1 atom stereocenters. The minimum Gasteiger partial charge on any atom is -0.388 e. The second kappa shape index (κ2) is 5.42. The van der Waals surface area contributed by atoms with Gasteiger partial charge in [0.2, 0.25) is 0 Å². The van der Waals surface area contributed by atoms with Gasteiger partial charge in [0, 0.05) is 30.9 Å². The van der Waals surface area contributed by atoms with Crippen LogP contribution in [0.1, 0.15) is 42.1 Å². The van der Waals surface area contributed by atoms with Gasteiger partial charge in [-0.2, -0.15) is 0 Å². The molecular weight excluding hydrogens is 224 g/mol. The molecule has 98 valence electrons. The monoisotopic (exact) mass is 246 g/mol. The molecule has 1 N–H and O–H groups in total. The number of amides is 1. The van der Waals surface area contributed by atoms with Crippen molar-refractivity contribution < 1.29 is 4.79 Å². The molecule has 1 fully saturated rings. The second-order valence-corrected chi connectivity index (χ2v) is 5.12. The molecule has 0 saturated carbocycles. The van der Waals surface area contributed by atoms with E-state index in [1.165, 1.54) is 6.42 Å². The first-order chi connectivity index (χ1) is 8.63. The first-order valence-corrected chi connectivity index (χ1v) is 6.73. The lowest BCUT2D eigenvalue weighted by molar-refractivity contribution is 0.0635. The zero-order chi connectivity index (χ0) is 13.1. The predicted molar refractivity (Wildman–Crippen MR) is 75.1 cm³/mol. The van der Waals surface area contributed by atoms with E-state index >= 15 is 0 Å². The third kappa shape index (κ3) is 2.50. The molecule has 1 aromatic rings. The number of rotatable bonds is 2. The Labute approximate surface area is 109 Å². The van der Waals surface area contributed by atoms with Crippen molar-refractivity contribution in [3.05, 3.63) is 29.3 Å². The van der Waals surface area contributed by atoms with Crippen molar-refractivity contribution in [3.8, 4) is 0 Å². The van der Waals surface area contributed by atoms with E-state index in [2.05, 4.69) is 12.2 Å². The first-order valence-electron chi connectivity index (χ1n) is 6.73. The van der Waals surface area contributed by atoms with Crippen LogP contribution in [0.25, 0.3) is 0 Å². The van der Waals surface area contributed by atoms with Gasteiger partial charge in [-0.15, -0.1) is 0 Å². The first kappa shape index (κ1) is 12.9. The Morgan fingerprint density at radius 3 is 2.78 bits per heavy atom. The second-order valence-electron chi connectivity index (χ2n) is 5.12. The number of aryl methyl sites for hydroxylation is 1. The van der Waals surface area contributed by atoms with Crippen molar-refractivity contribution in [2.45, 2.75) is 39.2 Å². The average Bonchev–Trinajstić information content (AvgIpc) is 2.38. The van der Waals surface area contributed by atoms with Gasteiger partial charge in [0.1, 0.15) is 0 Å². The number of nitrogens with zero attached hydrogens (tertiary/aromatic N) is 1. The highest BCUT2D eigenvalue weighted by Crippen LogP contribution is 2.21. The van der Waals surface area contributed by atoms with Crippen LogP contribution in [0.3, 0.4) is 0 Å². The lowest BCUT2D eigenvalue weighted by Gasteiger charge is -2.33. The molecule has 3 nitrogen and oxygen atoms in total. The standard InChI is InChI=1S/C15H22N2O/c1-11-10-13(7-8-14(11)16-3)15(18)17-9-5-4-6-12(17)2/h7-8,10,12,16H,4-6,9H2,1-3H3. The summed E-state index contributed by atoms with van der Waals surface area (Å²) >= 11 is 0. The van der Waals surface area contributed by atoms with Gasteiger partial charge in [0.05, 0.1) is 0 Å². The van der Waals surface area contributed by atoms with Gasteiger partial charge in [-0.25, -0.2) is 0 Å². The highest BCUT2D eigenvalue weighted by Gasteiger charge is 2.24. The van der Waals surface area contributed by atoms with E-state index in [-0.39, 0.29) is 5.91 Å². The molecule has 1 saturated heterocycles. The molecule has 1 aromatic carbocycles. The van der Waals surface area contributed by atoms with Crippen LogP contribution in [0, 0.1) is 6.92 Å². The largest absolute Gasteiger partial charge is 0.388 e. The highest BCUT2D eigenvalue weighted by atomic mass is 16.2. The number of piperidine rings is 1.